The predicted octanol–water partition coefficient (Wildman–Crippen LogP) is 1.33. The second-order valence-electron chi connectivity index (χ2n) is 6.64. The van der Waals surface area contributed by atoms with Crippen LogP contribution in [-0.4, -0.2) is 66.4 Å². The van der Waals surface area contributed by atoms with Gasteiger partial charge in [0, 0.05) is 58.0 Å². The van der Waals surface area contributed by atoms with E-state index in [-0.39, 0.29) is 18.1 Å². The topological polar surface area (TPSA) is 102 Å². The molecule has 11 heteroatoms. The van der Waals surface area contributed by atoms with Crippen LogP contribution in [0, 0.1) is 17.0 Å². The van der Waals surface area contributed by atoms with Crippen LogP contribution in [-0.2, 0) is 24.9 Å². The molecule has 0 spiro atoms. The molecule has 0 bridgehead atoms. The van der Waals surface area contributed by atoms with Gasteiger partial charge in [-0.15, -0.1) is 0 Å². The fourth-order valence-corrected chi connectivity index (χ4v) is 3.65. The molecule has 0 aromatic carbocycles. The van der Waals surface area contributed by atoms with E-state index in [1.54, 1.807) is 0 Å². The maximum atomic E-state index is 12.4. The molecule has 0 saturated carbocycles. The molecule has 0 unspecified atom stereocenters. The molecular formula is C16H22BrN7O3. The Morgan fingerprint density at radius 3 is 2.52 bits per heavy atom. The minimum Gasteiger partial charge on any atom is -0.358 e. The molecule has 27 heavy (non-hydrogen) atoms. The quantitative estimate of drug-likeness (QED) is 0.496. The summed E-state index contributed by atoms with van der Waals surface area (Å²) in [6.07, 6.45) is 3.83. The van der Waals surface area contributed by atoms with Gasteiger partial charge in [0.1, 0.15) is 4.47 Å². The van der Waals surface area contributed by atoms with E-state index in [9.17, 15) is 14.9 Å². The number of nitro groups is 1. The van der Waals surface area contributed by atoms with Gasteiger partial charge in [-0.1, -0.05) is 0 Å². The maximum Gasteiger partial charge on any atom is 0.404 e. The van der Waals surface area contributed by atoms with Crippen molar-refractivity contribution < 1.29 is 9.72 Å². The van der Waals surface area contributed by atoms with E-state index >= 15 is 0 Å². The summed E-state index contributed by atoms with van der Waals surface area (Å²) in [5, 5.41) is 19.1. The number of hydrogen-bond donors (Lipinski definition) is 0. The first-order valence-electron chi connectivity index (χ1n) is 8.70. The number of rotatable bonds is 6. The highest BCUT2D eigenvalue weighted by atomic mass is 79.9. The van der Waals surface area contributed by atoms with Crippen LogP contribution in [0.4, 0.5) is 5.82 Å². The summed E-state index contributed by atoms with van der Waals surface area (Å²) in [6, 6.07) is 0. The summed E-state index contributed by atoms with van der Waals surface area (Å²) in [5.41, 5.74) is 2.25. The second kappa shape index (κ2) is 8.17. The number of nitrogens with zero attached hydrogens (tertiary/aromatic N) is 7. The van der Waals surface area contributed by atoms with Crippen molar-refractivity contribution in [1.82, 2.24) is 29.4 Å². The molecule has 0 radical (unpaired) electrons. The first-order chi connectivity index (χ1) is 12.8. The van der Waals surface area contributed by atoms with Gasteiger partial charge in [-0.25, -0.2) is 0 Å². The summed E-state index contributed by atoms with van der Waals surface area (Å²) >= 11 is 3.11. The zero-order valence-corrected chi connectivity index (χ0v) is 16.9. The van der Waals surface area contributed by atoms with Gasteiger partial charge in [0.05, 0.1) is 23.5 Å². The summed E-state index contributed by atoms with van der Waals surface area (Å²) in [7, 11) is 1.92. The van der Waals surface area contributed by atoms with Gasteiger partial charge < -0.3 is 15.0 Å². The first kappa shape index (κ1) is 19.5. The monoisotopic (exact) mass is 439 g/mol. The molecule has 0 atom stereocenters. The summed E-state index contributed by atoms with van der Waals surface area (Å²) < 4.78 is 3.57. The van der Waals surface area contributed by atoms with Crippen molar-refractivity contribution in [2.24, 2.45) is 7.05 Å². The first-order valence-corrected chi connectivity index (χ1v) is 9.49. The number of carbonyl (C=O) groups excluding carboxylic acids is 1. The molecule has 3 rings (SSSR count). The molecule has 1 saturated heterocycles. The Morgan fingerprint density at radius 2 is 1.96 bits per heavy atom. The molecule has 0 aliphatic carbocycles. The van der Waals surface area contributed by atoms with E-state index in [0.29, 0.717) is 24.1 Å². The van der Waals surface area contributed by atoms with Crippen molar-refractivity contribution in [3.8, 4) is 0 Å². The van der Waals surface area contributed by atoms with E-state index in [1.165, 1.54) is 16.4 Å². The van der Waals surface area contributed by atoms with Crippen molar-refractivity contribution >= 4 is 27.7 Å². The third-order valence-electron chi connectivity index (χ3n) is 4.66. The molecule has 2 aromatic heterocycles. The van der Waals surface area contributed by atoms with Gasteiger partial charge in [0.15, 0.2) is 0 Å². The summed E-state index contributed by atoms with van der Waals surface area (Å²) in [6.45, 7) is 6.17. The minimum atomic E-state index is -0.550. The minimum absolute atomic E-state index is 0.0430. The highest BCUT2D eigenvalue weighted by molar-refractivity contribution is 9.10. The fraction of sp³-hybridized carbons (Fsp3) is 0.562. The highest BCUT2D eigenvalue weighted by Gasteiger charge is 2.23. The molecule has 3 heterocycles. The molecule has 1 amide bonds. The van der Waals surface area contributed by atoms with Gasteiger partial charge >= 0.3 is 5.82 Å². The van der Waals surface area contributed by atoms with Crippen molar-refractivity contribution in [1.29, 1.82) is 0 Å². The highest BCUT2D eigenvalue weighted by Crippen LogP contribution is 2.22. The Hall–Kier alpha value is -2.27. The van der Waals surface area contributed by atoms with Gasteiger partial charge in [0.2, 0.25) is 5.91 Å². The Labute approximate surface area is 165 Å². The molecule has 0 N–H and O–H groups in total. The third-order valence-corrected chi connectivity index (χ3v) is 5.22. The smallest absolute Gasteiger partial charge is 0.358 e. The van der Waals surface area contributed by atoms with Crippen LogP contribution >= 0.6 is 15.9 Å². The lowest BCUT2D eigenvalue weighted by Gasteiger charge is -2.34. The van der Waals surface area contributed by atoms with E-state index in [2.05, 4.69) is 31.0 Å². The van der Waals surface area contributed by atoms with Gasteiger partial charge in [-0.2, -0.15) is 9.78 Å². The number of hydrogen-bond acceptors (Lipinski definition) is 6. The van der Waals surface area contributed by atoms with Crippen molar-refractivity contribution in [2.75, 3.05) is 26.2 Å². The molecule has 1 aliphatic heterocycles. The number of amides is 1. The molecule has 10 nitrogen and oxygen atoms in total. The van der Waals surface area contributed by atoms with Crippen LogP contribution in [0.5, 0.6) is 0 Å². The Morgan fingerprint density at radius 1 is 1.26 bits per heavy atom. The van der Waals surface area contributed by atoms with Crippen LogP contribution in [0.1, 0.15) is 17.7 Å². The van der Waals surface area contributed by atoms with Crippen molar-refractivity contribution in [3.63, 3.8) is 0 Å². The Kier molecular flexibility index (Phi) is 5.90. The Balaban J connectivity index is 1.46. The zero-order valence-electron chi connectivity index (χ0n) is 15.3. The lowest BCUT2D eigenvalue weighted by atomic mass is 10.2. The fourth-order valence-electron chi connectivity index (χ4n) is 3.19. The van der Waals surface area contributed by atoms with Crippen LogP contribution in [0.3, 0.4) is 0 Å². The third kappa shape index (κ3) is 4.72. The average Bonchev–Trinajstić information content (AvgIpc) is 3.15. The number of carbonyl (C=O) groups is 1. The normalized spacial score (nSPS) is 15.3. The van der Waals surface area contributed by atoms with Gasteiger partial charge in [-0.3, -0.25) is 14.4 Å². The summed E-state index contributed by atoms with van der Waals surface area (Å²) in [4.78, 5) is 26.9. The molecule has 146 valence electrons. The average molecular weight is 440 g/mol. The number of halogens is 1. The van der Waals surface area contributed by atoms with E-state index in [4.69, 9.17) is 0 Å². The molecule has 1 aliphatic rings. The van der Waals surface area contributed by atoms with Crippen molar-refractivity contribution in [3.05, 3.63) is 38.2 Å². The van der Waals surface area contributed by atoms with Gasteiger partial charge in [-0.05, 0) is 27.8 Å². The Bertz CT molecular complexity index is 839. The van der Waals surface area contributed by atoms with Gasteiger partial charge in [0.25, 0.3) is 0 Å². The summed E-state index contributed by atoms with van der Waals surface area (Å²) in [5.74, 6) is -0.191. The van der Waals surface area contributed by atoms with E-state index in [0.717, 1.165) is 25.3 Å². The number of aryl methyl sites for hydroxylation is 3. The standard InChI is InChI=1S/C16H22BrN7O3/c1-12-13(9-20(2)18-12)10-21-5-7-22(8-6-21)15(25)3-4-23-11-14(17)16(19-23)24(26)27/h9,11H,3-8,10H2,1-2H3. The number of piperazine rings is 1. The van der Waals surface area contributed by atoms with Crippen molar-refractivity contribution in [2.45, 2.75) is 26.4 Å². The van der Waals surface area contributed by atoms with Crippen LogP contribution in [0.2, 0.25) is 0 Å². The molecular weight excluding hydrogens is 418 g/mol. The molecule has 2 aromatic rings. The largest absolute Gasteiger partial charge is 0.404 e. The van der Waals surface area contributed by atoms with Crippen LogP contribution in [0.15, 0.2) is 16.9 Å². The molecule has 1 fully saturated rings. The predicted molar refractivity (Wildman–Crippen MR) is 101 cm³/mol. The second-order valence-corrected chi connectivity index (χ2v) is 7.50. The zero-order chi connectivity index (χ0) is 19.6. The van der Waals surface area contributed by atoms with Crippen LogP contribution in [0.25, 0.3) is 0 Å². The van der Waals surface area contributed by atoms with Crippen LogP contribution < -0.4 is 0 Å². The number of aromatic nitrogens is 4. The van der Waals surface area contributed by atoms with E-state index < -0.39 is 4.92 Å². The lowest BCUT2D eigenvalue weighted by Crippen LogP contribution is -2.48. The lowest BCUT2D eigenvalue weighted by molar-refractivity contribution is -0.390. The SMILES string of the molecule is Cc1nn(C)cc1CN1CCN(C(=O)CCn2cc(Br)c([N+](=O)[O-])n2)CC1. The van der Waals surface area contributed by atoms with E-state index in [1.807, 2.05) is 29.7 Å². The maximum absolute atomic E-state index is 12.4.